The van der Waals surface area contributed by atoms with Crippen LogP contribution in [0.3, 0.4) is 0 Å². The number of anilines is 2. The molecular formula is C32H43N7O. The van der Waals surface area contributed by atoms with Crippen molar-refractivity contribution >= 4 is 11.5 Å². The fraction of sp³-hybridized carbons (Fsp3) is 0.500. The molecule has 2 fully saturated rings. The molecule has 6 rings (SSSR count). The standard InChI is InChI=1S/C32H43N7O/c1-36-16-18-39(19-17-36)28-10-8-27(9-11-28)31-34-30-12-15-38(24-26-6-3-2-4-7-26)25-29(30)32(35-31)33-13-5-14-37-20-22-40-23-21-37/h2-4,6-11H,5,12-25H2,1H3,(H,33,34,35). The number of hydrogen-bond acceptors (Lipinski definition) is 8. The van der Waals surface area contributed by atoms with E-state index >= 15 is 0 Å². The zero-order valence-electron chi connectivity index (χ0n) is 23.9. The Labute approximate surface area is 239 Å². The molecule has 3 aliphatic rings. The van der Waals surface area contributed by atoms with E-state index in [1.807, 2.05) is 0 Å². The third-order valence-electron chi connectivity index (χ3n) is 8.43. The van der Waals surface area contributed by atoms with Crippen molar-refractivity contribution < 1.29 is 4.74 Å². The highest BCUT2D eigenvalue weighted by Gasteiger charge is 2.23. The molecule has 8 heteroatoms. The molecule has 40 heavy (non-hydrogen) atoms. The smallest absolute Gasteiger partial charge is 0.161 e. The van der Waals surface area contributed by atoms with Crippen LogP contribution in [0.25, 0.3) is 11.4 Å². The summed E-state index contributed by atoms with van der Waals surface area (Å²) in [7, 11) is 2.20. The van der Waals surface area contributed by atoms with Gasteiger partial charge in [-0.3, -0.25) is 9.80 Å². The van der Waals surface area contributed by atoms with E-state index in [4.69, 9.17) is 14.7 Å². The van der Waals surface area contributed by atoms with E-state index in [9.17, 15) is 0 Å². The van der Waals surface area contributed by atoms with Crippen LogP contribution >= 0.6 is 0 Å². The van der Waals surface area contributed by atoms with Crippen molar-refractivity contribution in [3.8, 4) is 11.4 Å². The van der Waals surface area contributed by atoms with Crippen LogP contribution in [0.4, 0.5) is 11.5 Å². The number of nitrogens with zero attached hydrogens (tertiary/aromatic N) is 6. The number of benzene rings is 2. The van der Waals surface area contributed by atoms with Crippen LogP contribution < -0.4 is 10.2 Å². The lowest BCUT2D eigenvalue weighted by atomic mass is 10.0. The molecule has 0 amide bonds. The molecule has 3 aromatic rings. The molecule has 0 spiro atoms. The highest BCUT2D eigenvalue weighted by Crippen LogP contribution is 2.29. The molecule has 3 aliphatic heterocycles. The van der Waals surface area contributed by atoms with Gasteiger partial charge < -0.3 is 19.9 Å². The fourth-order valence-electron chi connectivity index (χ4n) is 5.94. The van der Waals surface area contributed by atoms with E-state index in [0.717, 1.165) is 115 Å². The van der Waals surface area contributed by atoms with Crippen molar-refractivity contribution in [3.63, 3.8) is 0 Å². The molecule has 4 heterocycles. The van der Waals surface area contributed by atoms with Gasteiger partial charge in [-0.05, 0) is 49.8 Å². The Bertz CT molecular complexity index is 1220. The number of hydrogen-bond donors (Lipinski definition) is 1. The van der Waals surface area contributed by atoms with E-state index in [1.54, 1.807) is 0 Å². The molecule has 0 atom stereocenters. The summed E-state index contributed by atoms with van der Waals surface area (Å²) >= 11 is 0. The Morgan fingerprint density at radius 1 is 0.825 bits per heavy atom. The minimum Gasteiger partial charge on any atom is -0.379 e. The number of likely N-dealkylation sites (N-methyl/N-ethyl adjacent to an activating group) is 1. The predicted octanol–water partition coefficient (Wildman–Crippen LogP) is 3.59. The summed E-state index contributed by atoms with van der Waals surface area (Å²) in [5, 5.41) is 3.73. The minimum atomic E-state index is 0.830. The van der Waals surface area contributed by atoms with Gasteiger partial charge in [-0.25, -0.2) is 9.97 Å². The third kappa shape index (κ3) is 6.81. The normalized spacial score (nSPS) is 19.0. The Kier molecular flexibility index (Phi) is 8.88. The molecule has 0 bridgehead atoms. The first-order chi connectivity index (χ1) is 19.7. The highest BCUT2D eigenvalue weighted by atomic mass is 16.5. The Morgan fingerprint density at radius 2 is 1.60 bits per heavy atom. The summed E-state index contributed by atoms with van der Waals surface area (Å²) in [6, 6.07) is 19.6. The largest absolute Gasteiger partial charge is 0.379 e. The Hall–Kier alpha value is -3.04. The van der Waals surface area contributed by atoms with E-state index in [0.29, 0.717) is 0 Å². The molecule has 0 radical (unpaired) electrons. The number of ether oxygens (including phenoxy) is 1. The summed E-state index contributed by atoms with van der Waals surface area (Å²) in [5.74, 6) is 1.83. The molecule has 2 saturated heterocycles. The second-order valence-electron chi connectivity index (χ2n) is 11.3. The van der Waals surface area contributed by atoms with Crippen molar-refractivity contribution in [2.75, 3.05) is 89.4 Å². The minimum absolute atomic E-state index is 0.830. The number of morpholine rings is 1. The molecule has 2 aromatic carbocycles. The van der Waals surface area contributed by atoms with Gasteiger partial charge in [0.05, 0.1) is 18.9 Å². The van der Waals surface area contributed by atoms with Gasteiger partial charge in [-0.15, -0.1) is 0 Å². The molecule has 8 nitrogen and oxygen atoms in total. The van der Waals surface area contributed by atoms with Crippen molar-refractivity contribution in [2.45, 2.75) is 25.9 Å². The van der Waals surface area contributed by atoms with Crippen LogP contribution in [0.5, 0.6) is 0 Å². The maximum atomic E-state index is 5.51. The highest BCUT2D eigenvalue weighted by molar-refractivity contribution is 5.63. The maximum Gasteiger partial charge on any atom is 0.161 e. The molecule has 212 valence electrons. The van der Waals surface area contributed by atoms with Crippen LogP contribution in [-0.2, 0) is 24.2 Å². The van der Waals surface area contributed by atoms with E-state index in [2.05, 4.69) is 86.6 Å². The molecule has 0 aliphatic carbocycles. The summed E-state index contributed by atoms with van der Waals surface area (Å²) < 4.78 is 5.51. The quantitative estimate of drug-likeness (QED) is 0.413. The molecule has 1 N–H and O–H groups in total. The lowest BCUT2D eigenvalue weighted by Crippen LogP contribution is -2.44. The van der Waals surface area contributed by atoms with Gasteiger partial charge in [0.25, 0.3) is 0 Å². The first-order valence-corrected chi connectivity index (χ1v) is 15.0. The first kappa shape index (κ1) is 27.1. The Morgan fingerprint density at radius 3 is 2.38 bits per heavy atom. The average molecular weight is 542 g/mol. The number of piperazine rings is 1. The molecule has 0 saturated carbocycles. The molecule has 1 aromatic heterocycles. The monoisotopic (exact) mass is 541 g/mol. The average Bonchev–Trinajstić information content (AvgIpc) is 3.01. The number of rotatable bonds is 9. The van der Waals surface area contributed by atoms with E-state index in [-0.39, 0.29) is 0 Å². The fourth-order valence-corrected chi connectivity index (χ4v) is 5.94. The summed E-state index contributed by atoms with van der Waals surface area (Å²) in [6.45, 7) is 13.0. The van der Waals surface area contributed by atoms with Gasteiger partial charge in [0.2, 0.25) is 0 Å². The SMILES string of the molecule is CN1CCN(c2ccc(-c3nc4c(c(NCCCN5CCOCC5)n3)CN(Cc3ccccc3)CC4)cc2)CC1. The van der Waals surface area contributed by atoms with Gasteiger partial charge in [0, 0.05) is 88.7 Å². The van der Waals surface area contributed by atoms with Crippen LogP contribution in [-0.4, -0.2) is 104 Å². The zero-order valence-corrected chi connectivity index (χ0v) is 23.9. The van der Waals surface area contributed by atoms with Gasteiger partial charge >= 0.3 is 0 Å². The Balaban J connectivity index is 1.19. The second kappa shape index (κ2) is 13.1. The van der Waals surface area contributed by atoms with Crippen molar-refractivity contribution in [3.05, 3.63) is 71.4 Å². The van der Waals surface area contributed by atoms with Crippen LogP contribution in [0.15, 0.2) is 54.6 Å². The van der Waals surface area contributed by atoms with Crippen LogP contribution in [0, 0.1) is 0 Å². The maximum absolute atomic E-state index is 5.51. The summed E-state index contributed by atoms with van der Waals surface area (Å²) in [6.07, 6.45) is 2.03. The first-order valence-electron chi connectivity index (χ1n) is 15.0. The van der Waals surface area contributed by atoms with Gasteiger partial charge in [-0.1, -0.05) is 30.3 Å². The molecular weight excluding hydrogens is 498 g/mol. The topological polar surface area (TPSA) is 60.0 Å². The third-order valence-corrected chi connectivity index (χ3v) is 8.43. The number of nitrogens with one attached hydrogen (secondary N) is 1. The van der Waals surface area contributed by atoms with Crippen molar-refractivity contribution in [1.29, 1.82) is 0 Å². The van der Waals surface area contributed by atoms with Gasteiger partial charge in [0.15, 0.2) is 5.82 Å². The lowest BCUT2D eigenvalue weighted by molar-refractivity contribution is 0.0378. The zero-order chi connectivity index (χ0) is 27.1. The van der Waals surface area contributed by atoms with Gasteiger partial charge in [-0.2, -0.15) is 0 Å². The number of fused-ring (bicyclic) bond motifs is 1. The van der Waals surface area contributed by atoms with Crippen LogP contribution in [0.1, 0.15) is 23.2 Å². The lowest BCUT2D eigenvalue weighted by Gasteiger charge is -2.34. The van der Waals surface area contributed by atoms with Crippen LogP contribution in [0.2, 0.25) is 0 Å². The molecule has 0 unspecified atom stereocenters. The van der Waals surface area contributed by atoms with Crippen molar-refractivity contribution in [1.82, 2.24) is 24.7 Å². The second-order valence-corrected chi connectivity index (χ2v) is 11.3. The number of aromatic nitrogens is 2. The summed E-state index contributed by atoms with van der Waals surface area (Å²) in [4.78, 5) is 20.1. The van der Waals surface area contributed by atoms with Crippen molar-refractivity contribution in [2.24, 2.45) is 0 Å². The van der Waals surface area contributed by atoms with E-state index in [1.165, 1.54) is 22.5 Å². The van der Waals surface area contributed by atoms with Gasteiger partial charge in [0.1, 0.15) is 5.82 Å². The summed E-state index contributed by atoms with van der Waals surface area (Å²) in [5.41, 5.74) is 6.17. The van der Waals surface area contributed by atoms with E-state index < -0.39 is 0 Å². The predicted molar refractivity (Wildman–Crippen MR) is 162 cm³/mol.